The minimum absolute atomic E-state index is 0.0231. The molecule has 0 N–H and O–H groups in total. The van der Waals surface area contributed by atoms with Crippen molar-refractivity contribution in [2.45, 2.75) is 25.7 Å². The monoisotopic (exact) mass is 249 g/mol. The molecule has 0 aliphatic heterocycles. The van der Waals surface area contributed by atoms with E-state index in [0.717, 1.165) is 19.0 Å². The van der Waals surface area contributed by atoms with Gasteiger partial charge in [0.25, 0.3) is 0 Å². The maximum Gasteiger partial charge on any atom is 0.164 e. The molecule has 2 rings (SSSR count). The van der Waals surface area contributed by atoms with Gasteiger partial charge in [0.2, 0.25) is 0 Å². The Morgan fingerprint density at radius 3 is 2.83 bits per heavy atom. The van der Waals surface area contributed by atoms with E-state index in [1.54, 1.807) is 12.1 Å². The number of halogens is 1. The largest absolute Gasteiger partial charge is 0.306 e. The van der Waals surface area contributed by atoms with Crippen LogP contribution in [-0.2, 0) is 0 Å². The van der Waals surface area contributed by atoms with E-state index >= 15 is 0 Å². The molecule has 1 aromatic carbocycles. The fraction of sp³-hybridized carbons (Fsp3) is 0.533. The highest BCUT2D eigenvalue weighted by Crippen LogP contribution is 2.26. The van der Waals surface area contributed by atoms with Crippen molar-refractivity contribution < 1.29 is 9.18 Å². The van der Waals surface area contributed by atoms with Gasteiger partial charge in [0.1, 0.15) is 5.82 Å². The van der Waals surface area contributed by atoms with Crippen LogP contribution < -0.4 is 0 Å². The second kappa shape index (κ2) is 6.10. The molecule has 0 atom stereocenters. The number of nitrogens with zero attached hydrogens (tertiary/aromatic N) is 1. The van der Waals surface area contributed by atoms with Gasteiger partial charge >= 0.3 is 0 Å². The standard InChI is InChI=1S/C15H20FNO/c1-17(11-12-4-2-5-12)9-8-15(18)13-6-3-7-14(16)10-13/h3,6-7,10,12H,2,4-5,8-9,11H2,1H3. The van der Waals surface area contributed by atoms with Crippen molar-refractivity contribution >= 4 is 5.78 Å². The molecule has 0 heterocycles. The lowest BCUT2D eigenvalue weighted by Gasteiger charge is -2.29. The average Bonchev–Trinajstić information content (AvgIpc) is 2.31. The zero-order valence-corrected chi connectivity index (χ0v) is 10.9. The topological polar surface area (TPSA) is 20.3 Å². The molecule has 2 nitrogen and oxygen atoms in total. The van der Waals surface area contributed by atoms with E-state index in [-0.39, 0.29) is 11.6 Å². The Kier molecular flexibility index (Phi) is 4.48. The number of carbonyl (C=O) groups is 1. The van der Waals surface area contributed by atoms with Crippen LogP contribution in [0.1, 0.15) is 36.0 Å². The SMILES string of the molecule is CN(CCC(=O)c1cccc(F)c1)CC1CCC1. The summed E-state index contributed by atoms with van der Waals surface area (Å²) in [6.45, 7) is 1.84. The molecule has 0 aromatic heterocycles. The molecule has 1 aromatic rings. The molecule has 0 amide bonds. The number of hydrogen-bond donors (Lipinski definition) is 0. The number of ketones is 1. The third kappa shape index (κ3) is 3.64. The Morgan fingerprint density at radius 2 is 2.22 bits per heavy atom. The van der Waals surface area contributed by atoms with Gasteiger partial charge in [-0.3, -0.25) is 4.79 Å². The van der Waals surface area contributed by atoms with Crippen LogP contribution in [0.25, 0.3) is 0 Å². The molecular formula is C15H20FNO. The van der Waals surface area contributed by atoms with Gasteiger partial charge in [0.15, 0.2) is 5.78 Å². The van der Waals surface area contributed by atoms with E-state index in [0.29, 0.717) is 12.0 Å². The molecule has 98 valence electrons. The summed E-state index contributed by atoms with van der Waals surface area (Å²) in [6, 6.07) is 5.94. The van der Waals surface area contributed by atoms with Crippen molar-refractivity contribution in [2.75, 3.05) is 20.1 Å². The van der Waals surface area contributed by atoms with Gasteiger partial charge in [-0.1, -0.05) is 18.6 Å². The van der Waals surface area contributed by atoms with Crippen molar-refractivity contribution in [1.29, 1.82) is 0 Å². The quantitative estimate of drug-likeness (QED) is 0.722. The van der Waals surface area contributed by atoms with Gasteiger partial charge in [0.05, 0.1) is 0 Å². The summed E-state index contributed by atoms with van der Waals surface area (Å²) in [5, 5.41) is 0. The molecule has 1 saturated carbocycles. The third-order valence-corrected chi connectivity index (χ3v) is 3.66. The number of hydrogen-bond acceptors (Lipinski definition) is 2. The van der Waals surface area contributed by atoms with Gasteiger partial charge in [-0.05, 0) is 37.9 Å². The average molecular weight is 249 g/mol. The normalized spacial score (nSPS) is 15.7. The van der Waals surface area contributed by atoms with E-state index in [1.165, 1.54) is 31.4 Å². The lowest BCUT2D eigenvalue weighted by atomic mass is 9.85. The maximum atomic E-state index is 13.0. The zero-order valence-electron chi connectivity index (χ0n) is 10.9. The summed E-state index contributed by atoms with van der Waals surface area (Å²) in [6.07, 6.45) is 4.46. The van der Waals surface area contributed by atoms with Gasteiger partial charge in [-0.15, -0.1) is 0 Å². The molecule has 0 unspecified atom stereocenters. The summed E-state index contributed by atoms with van der Waals surface area (Å²) in [7, 11) is 2.05. The number of Topliss-reactive ketones (excluding diaryl/α,β-unsaturated/α-hetero) is 1. The Bertz CT molecular complexity index is 415. The predicted molar refractivity (Wildman–Crippen MR) is 70.2 cm³/mol. The maximum absolute atomic E-state index is 13.0. The fourth-order valence-electron chi connectivity index (χ4n) is 2.31. The van der Waals surface area contributed by atoms with E-state index in [1.807, 2.05) is 0 Å². The van der Waals surface area contributed by atoms with Crippen LogP contribution in [0.4, 0.5) is 4.39 Å². The molecular weight excluding hydrogens is 229 g/mol. The van der Waals surface area contributed by atoms with E-state index in [4.69, 9.17) is 0 Å². The molecule has 18 heavy (non-hydrogen) atoms. The minimum atomic E-state index is -0.344. The second-order valence-corrected chi connectivity index (χ2v) is 5.24. The van der Waals surface area contributed by atoms with E-state index in [9.17, 15) is 9.18 Å². The molecule has 0 radical (unpaired) electrons. The molecule has 3 heteroatoms. The summed E-state index contributed by atoms with van der Waals surface area (Å²) >= 11 is 0. The summed E-state index contributed by atoms with van der Waals surface area (Å²) in [5.74, 6) is 0.498. The number of benzene rings is 1. The lowest BCUT2D eigenvalue weighted by Crippen LogP contribution is -2.31. The molecule has 1 fully saturated rings. The minimum Gasteiger partial charge on any atom is -0.306 e. The smallest absolute Gasteiger partial charge is 0.164 e. The third-order valence-electron chi connectivity index (χ3n) is 3.66. The first-order valence-corrected chi connectivity index (χ1v) is 6.62. The lowest BCUT2D eigenvalue weighted by molar-refractivity contribution is 0.0961. The summed E-state index contributed by atoms with van der Waals surface area (Å²) < 4.78 is 13.0. The van der Waals surface area contributed by atoms with Crippen molar-refractivity contribution in [3.63, 3.8) is 0 Å². The number of carbonyl (C=O) groups excluding carboxylic acids is 1. The van der Waals surface area contributed by atoms with Crippen molar-refractivity contribution in [3.8, 4) is 0 Å². The first-order chi connectivity index (χ1) is 8.65. The molecule has 0 bridgehead atoms. The van der Waals surface area contributed by atoms with Crippen molar-refractivity contribution in [3.05, 3.63) is 35.6 Å². The molecule has 1 aliphatic carbocycles. The molecule has 1 aliphatic rings. The Labute approximate surface area is 108 Å². The van der Waals surface area contributed by atoms with E-state index in [2.05, 4.69) is 11.9 Å². The van der Waals surface area contributed by atoms with E-state index < -0.39 is 0 Å². The molecule has 0 saturated heterocycles. The van der Waals surface area contributed by atoms with Gasteiger partial charge in [-0.2, -0.15) is 0 Å². The highest BCUT2D eigenvalue weighted by Gasteiger charge is 2.19. The van der Waals surface area contributed by atoms with Crippen molar-refractivity contribution in [1.82, 2.24) is 4.90 Å². The predicted octanol–water partition coefficient (Wildman–Crippen LogP) is 3.13. The summed E-state index contributed by atoms with van der Waals surface area (Å²) in [5.41, 5.74) is 0.479. The Hall–Kier alpha value is -1.22. The highest BCUT2D eigenvalue weighted by molar-refractivity contribution is 5.96. The van der Waals surface area contributed by atoms with Crippen LogP contribution in [0.15, 0.2) is 24.3 Å². The van der Waals surface area contributed by atoms with Gasteiger partial charge in [0, 0.05) is 25.1 Å². The van der Waals surface area contributed by atoms with Crippen LogP contribution in [0.3, 0.4) is 0 Å². The Morgan fingerprint density at radius 1 is 1.44 bits per heavy atom. The van der Waals surface area contributed by atoms with Crippen LogP contribution in [0, 0.1) is 11.7 Å². The van der Waals surface area contributed by atoms with Crippen LogP contribution in [0.2, 0.25) is 0 Å². The second-order valence-electron chi connectivity index (χ2n) is 5.24. The molecule has 0 spiro atoms. The summed E-state index contributed by atoms with van der Waals surface area (Å²) in [4.78, 5) is 14.1. The van der Waals surface area contributed by atoms with Gasteiger partial charge < -0.3 is 4.90 Å². The zero-order chi connectivity index (χ0) is 13.0. The van der Waals surface area contributed by atoms with Crippen LogP contribution in [-0.4, -0.2) is 30.8 Å². The number of rotatable bonds is 6. The van der Waals surface area contributed by atoms with Crippen LogP contribution in [0.5, 0.6) is 0 Å². The Balaban J connectivity index is 1.76. The first-order valence-electron chi connectivity index (χ1n) is 6.62. The fourth-order valence-corrected chi connectivity index (χ4v) is 2.31. The van der Waals surface area contributed by atoms with Gasteiger partial charge in [-0.25, -0.2) is 4.39 Å². The highest BCUT2D eigenvalue weighted by atomic mass is 19.1. The first kappa shape index (κ1) is 13.2. The van der Waals surface area contributed by atoms with Crippen molar-refractivity contribution in [2.24, 2.45) is 5.92 Å². The van der Waals surface area contributed by atoms with Crippen LogP contribution >= 0.6 is 0 Å².